The van der Waals surface area contributed by atoms with Crippen LogP contribution < -0.4 is 10.2 Å². The summed E-state index contributed by atoms with van der Waals surface area (Å²) in [6.07, 6.45) is 9.28. The highest BCUT2D eigenvalue weighted by Gasteiger charge is 2.19. The van der Waals surface area contributed by atoms with E-state index in [1.807, 2.05) is 12.4 Å². The number of aromatic nitrogens is 3. The summed E-state index contributed by atoms with van der Waals surface area (Å²) in [5.74, 6) is 1.41. The van der Waals surface area contributed by atoms with Gasteiger partial charge in [0, 0.05) is 37.7 Å². The third-order valence-electron chi connectivity index (χ3n) is 3.82. The molecule has 0 bridgehead atoms. The number of halogens is 1. The molecule has 0 atom stereocenters. The summed E-state index contributed by atoms with van der Waals surface area (Å²) in [5.41, 5.74) is 1.26. The molecule has 0 radical (unpaired) electrons. The van der Waals surface area contributed by atoms with Crippen molar-refractivity contribution in [3.8, 4) is 0 Å². The van der Waals surface area contributed by atoms with Crippen molar-refractivity contribution in [2.24, 2.45) is 5.92 Å². The summed E-state index contributed by atoms with van der Waals surface area (Å²) in [4.78, 5) is 14.7. The first kappa shape index (κ1) is 14.1. The van der Waals surface area contributed by atoms with Crippen molar-refractivity contribution in [2.45, 2.75) is 12.8 Å². The fraction of sp³-hybridized carbons (Fsp3) is 0.400. The second kappa shape index (κ2) is 6.72. The van der Waals surface area contributed by atoms with Gasteiger partial charge >= 0.3 is 0 Å². The number of anilines is 2. The Morgan fingerprint density at radius 1 is 1.14 bits per heavy atom. The average molecular weight is 304 g/mol. The van der Waals surface area contributed by atoms with Crippen molar-refractivity contribution >= 4 is 23.1 Å². The Morgan fingerprint density at radius 3 is 2.62 bits per heavy atom. The molecule has 0 aromatic carbocycles. The van der Waals surface area contributed by atoms with E-state index in [1.54, 1.807) is 12.4 Å². The number of hydrogen-bond acceptors (Lipinski definition) is 5. The summed E-state index contributed by atoms with van der Waals surface area (Å²) in [5, 5.41) is 3.75. The van der Waals surface area contributed by atoms with Gasteiger partial charge in [0.15, 0.2) is 0 Å². The van der Waals surface area contributed by atoms with Gasteiger partial charge in [0.25, 0.3) is 0 Å². The van der Waals surface area contributed by atoms with Gasteiger partial charge in [-0.2, -0.15) is 0 Å². The number of nitrogens with one attached hydrogen (secondary N) is 1. The van der Waals surface area contributed by atoms with Gasteiger partial charge in [-0.3, -0.25) is 9.97 Å². The van der Waals surface area contributed by atoms with Crippen LogP contribution in [0, 0.1) is 5.92 Å². The quantitative estimate of drug-likeness (QED) is 0.941. The molecule has 0 unspecified atom stereocenters. The van der Waals surface area contributed by atoms with Crippen LogP contribution in [0.25, 0.3) is 0 Å². The Balaban J connectivity index is 1.48. The number of rotatable bonds is 4. The predicted octanol–water partition coefficient (Wildman–Crippen LogP) is 2.85. The molecule has 3 rings (SSSR count). The van der Waals surface area contributed by atoms with Gasteiger partial charge in [0.05, 0.1) is 12.4 Å². The molecule has 1 fully saturated rings. The Labute approximate surface area is 129 Å². The number of piperidine rings is 1. The first-order valence-electron chi connectivity index (χ1n) is 7.17. The fourth-order valence-corrected chi connectivity index (χ4v) is 2.77. The highest BCUT2D eigenvalue weighted by Crippen LogP contribution is 2.22. The van der Waals surface area contributed by atoms with Crippen LogP contribution >= 0.6 is 11.6 Å². The van der Waals surface area contributed by atoms with Gasteiger partial charge in [0.1, 0.15) is 11.0 Å². The van der Waals surface area contributed by atoms with E-state index < -0.39 is 0 Å². The van der Waals surface area contributed by atoms with Crippen molar-refractivity contribution in [1.29, 1.82) is 0 Å². The minimum atomic E-state index is 0.424. The van der Waals surface area contributed by atoms with Crippen LogP contribution in [0.4, 0.5) is 11.5 Å². The molecule has 2 aromatic heterocycles. The molecule has 5 nitrogen and oxygen atoms in total. The highest BCUT2D eigenvalue weighted by molar-refractivity contribution is 6.29. The van der Waals surface area contributed by atoms with Crippen molar-refractivity contribution in [3.05, 3.63) is 42.1 Å². The Kier molecular flexibility index (Phi) is 4.50. The zero-order valence-corrected chi connectivity index (χ0v) is 12.5. The van der Waals surface area contributed by atoms with E-state index in [0.717, 1.165) is 25.5 Å². The average Bonchev–Trinajstić information content (AvgIpc) is 2.54. The summed E-state index contributed by atoms with van der Waals surface area (Å²) >= 11 is 5.83. The minimum absolute atomic E-state index is 0.424. The second-order valence-electron chi connectivity index (χ2n) is 5.24. The first-order valence-corrected chi connectivity index (χ1v) is 7.55. The summed E-state index contributed by atoms with van der Waals surface area (Å²) in [6, 6.07) is 4.14. The smallest absolute Gasteiger partial charge is 0.149 e. The van der Waals surface area contributed by atoms with Gasteiger partial charge in [-0.15, -0.1) is 0 Å². The van der Waals surface area contributed by atoms with Gasteiger partial charge < -0.3 is 10.2 Å². The number of hydrogen-bond donors (Lipinski definition) is 1. The van der Waals surface area contributed by atoms with E-state index in [0.29, 0.717) is 11.1 Å². The first-order chi connectivity index (χ1) is 10.3. The van der Waals surface area contributed by atoms with E-state index in [-0.39, 0.29) is 0 Å². The lowest BCUT2D eigenvalue weighted by molar-refractivity contribution is 0.423. The molecule has 0 amide bonds. The molecular weight excluding hydrogens is 286 g/mol. The van der Waals surface area contributed by atoms with E-state index in [1.165, 1.54) is 18.5 Å². The monoisotopic (exact) mass is 303 g/mol. The summed E-state index contributed by atoms with van der Waals surface area (Å²) in [7, 11) is 0. The van der Waals surface area contributed by atoms with Crippen LogP contribution in [0.1, 0.15) is 12.8 Å². The van der Waals surface area contributed by atoms with Gasteiger partial charge in [-0.05, 0) is 30.9 Å². The lowest BCUT2D eigenvalue weighted by Gasteiger charge is -2.33. The van der Waals surface area contributed by atoms with Crippen LogP contribution in [-0.2, 0) is 0 Å². The van der Waals surface area contributed by atoms with Crippen molar-refractivity contribution in [1.82, 2.24) is 15.0 Å². The largest absolute Gasteiger partial charge is 0.371 e. The number of pyridine rings is 1. The highest BCUT2D eigenvalue weighted by atomic mass is 35.5. The lowest BCUT2D eigenvalue weighted by atomic mass is 9.96. The maximum absolute atomic E-state index is 5.83. The minimum Gasteiger partial charge on any atom is -0.371 e. The van der Waals surface area contributed by atoms with E-state index in [9.17, 15) is 0 Å². The van der Waals surface area contributed by atoms with Crippen molar-refractivity contribution in [3.63, 3.8) is 0 Å². The summed E-state index contributed by atoms with van der Waals surface area (Å²) < 4.78 is 0. The SMILES string of the molecule is Clc1cncc(NCC2CCN(c3ccncc3)CC2)n1. The maximum atomic E-state index is 5.83. The van der Waals surface area contributed by atoms with Gasteiger partial charge in [-0.25, -0.2) is 4.98 Å². The molecule has 0 spiro atoms. The fourth-order valence-electron chi connectivity index (χ4n) is 2.63. The Morgan fingerprint density at radius 2 is 1.90 bits per heavy atom. The predicted molar refractivity (Wildman–Crippen MR) is 84.7 cm³/mol. The van der Waals surface area contributed by atoms with Crippen LogP contribution in [0.5, 0.6) is 0 Å². The maximum Gasteiger partial charge on any atom is 0.149 e. The third kappa shape index (κ3) is 3.82. The van der Waals surface area contributed by atoms with Gasteiger partial charge in [-0.1, -0.05) is 11.6 Å². The zero-order chi connectivity index (χ0) is 14.5. The Bertz CT molecular complexity index is 569. The third-order valence-corrected chi connectivity index (χ3v) is 4.00. The molecule has 0 aliphatic carbocycles. The molecule has 2 aromatic rings. The standard InChI is InChI=1S/C15H18ClN5/c16-14-10-18-11-15(20-14)19-9-12-3-7-21(8-4-12)13-1-5-17-6-2-13/h1-2,5-6,10-12H,3-4,7-9H2,(H,19,20). The van der Waals surface area contributed by atoms with Crippen LogP contribution in [-0.4, -0.2) is 34.6 Å². The normalized spacial score (nSPS) is 16.0. The van der Waals surface area contributed by atoms with E-state index >= 15 is 0 Å². The molecule has 3 heterocycles. The van der Waals surface area contributed by atoms with Gasteiger partial charge in [0.2, 0.25) is 0 Å². The molecule has 1 aliphatic heterocycles. The lowest BCUT2D eigenvalue weighted by Crippen LogP contribution is -2.35. The molecule has 6 heteroatoms. The van der Waals surface area contributed by atoms with Crippen LogP contribution in [0.3, 0.4) is 0 Å². The van der Waals surface area contributed by atoms with Crippen LogP contribution in [0.2, 0.25) is 5.15 Å². The molecule has 110 valence electrons. The Hall–Kier alpha value is -1.88. The van der Waals surface area contributed by atoms with Crippen LogP contribution in [0.15, 0.2) is 36.9 Å². The van der Waals surface area contributed by atoms with E-state index in [4.69, 9.17) is 11.6 Å². The topological polar surface area (TPSA) is 53.9 Å². The molecule has 0 saturated carbocycles. The summed E-state index contributed by atoms with van der Waals surface area (Å²) in [6.45, 7) is 3.08. The van der Waals surface area contributed by atoms with Crippen molar-refractivity contribution in [2.75, 3.05) is 29.9 Å². The molecule has 1 N–H and O–H groups in total. The number of nitrogens with zero attached hydrogens (tertiary/aromatic N) is 4. The van der Waals surface area contributed by atoms with Crippen molar-refractivity contribution < 1.29 is 0 Å². The molecule has 21 heavy (non-hydrogen) atoms. The molecule has 1 aliphatic rings. The molecule has 1 saturated heterocycles. The zero-order valence-electron chi connectivity index (χ0n) is 11.7. The van der Waals surface area contributed by atoms with E-state index in [2.05, 4.69) is 37.3 Å². The second-order valence-corrected chi connectivity index (χ2v) is 5.63. The molecular formula is C15H18ClN5.